The highest BCUT2D eigenvalue weighted by Gasteiger charge is 2.30. The van der Waals surface area contributed by atoms with Crippen LogP contribution in [0.15, 0.2) is 54.6 Å². The van der Waals surface area contributed by atoms with Gasteiger partial charge in [0, 0.05) is 49.3 Å². The molecule has 0 aromatic heterocycles. The lowest BCUT2D eigenvalue weighted by molar-refractivity contribution is -0.384. The van der Waals surface area contributed by atoms with Gasteiger partial charge in [0.05, 0.1) is 11.5 Å². The van der Waals surface area contributed by atoms with Gasteiger partial charge in [-0.05, 0) is 55.0 Å². The molecule has 1 saturated heterocycles. The minimum absolute atomic E-state index is 0.000384. The standard InChI is InChI=1S/C22H23N3O5/c1-2-30-20-10-8-18(9-11-20)24-15-17(13-22(24)27)14-23-21(26)12-5-16-3-6-19(7-4-16)25(28)29/h3-12,17H,2,13-15H2,1H3,(H,23,26)/b12-5-. The number of nitrogens with zero attached hydrogens (tertiary/aromatic N) is 2. The van der Waals surface area contributed by atoms with Gasteiger partial charge in [-0.2, -0.15) is 0 Å². The third-order valence-electron chi connectivity index (χ3n) is 4.76. The molecule has 8 heteroatoms. The third kappa shape index (κ3) is 5.44. The first-order valence-corrected chi connectivity index (χ1v) is 9.70. The van der Waals surface area contributed by atoms with Gasteiger partial charge in [0.25, 0.3) is 5.69 Å². The predicted molar refractivity (Wildman–Crippen MR) is 113 cm³/mol. The van der Waals surface area contributed by atoms with Gasteiger partial charge >= 0.3 is 0 Å². The summed E-state index contributed by atoms with van der Waals surface area (Å²) in [7, 11) is 0. The van der Waals surface area contributed by atoms with E-state index < -0.39 is 4.92 Å². The number of benzene rings is 2. The monoisotopic (exact) mass is 409 g/mol. The molecule has 3 rings (SSSR count). The summed E-state index contributed by atoms with van der Waals surface area (Å²) in [6, 6.07) is 13.3. The van der Waals surface area contributed by atoms with Gasteiger partial charge in [0.15, 0.2) is 0 Å². The molecular weight excluding hydrogens is 386 g/mol. The molecule has 8 nitrogen and oxygen atoms in total. The van der Waals surface area contributed by atoms with E-state index in [4.69, 9.17) is 4.74 Å². The molecule has 1 atom stereocenters. The molecule has 1 unspecified atom stereocenters. The van der Waals surface area contributed by atoms with Crippen molar-refractivity contribution in [3.8, 4) is 5.75 Å². The van der Waals surface area contributed by atoms with Crippen LogP contribution in [-0.4, -0.2) is 36.4 Å². The molecule has 1 aliphatic rings. The average molecular weight is 409 g/mol. The van der Waals surface area contributed by atoms with Crippen LogP contribution < -0.4 is 15.0 Å². The third-order valence-corrected chi connectivity index (χ3v) is 4.76. The van der Waals surface area contributed by atoms with E-state index in [1.165, 1.54) is 18.2 Å². The van der Waals surface area contributed by atoms with Gasteiger partial charge in [0.2, 0.25) is 11.8 Å². The molecule has 30 heavy (non-hydrogen) atoms. The van der Waals surface area contributed by atoms with Crippen LogP contribution >= 0.6 is 0 Å². The van der Waals surface area contributed by atoms with Crippen molar-refractivity contribution in [1.29, 1.82) is 0 Å². The summed E-state index contributed by atoms with van der Waals surface area (Å²) in [4.78, 5) is 36.3. The fourth-order valence-electron chi connectivity index (χ4n) is 3.24. The van der Waals surface area contributed by atoms with Crippen LogP contribution in [0.2, 0.25) is 0 Å². The molecule has 0 bridgehead atoms. The summed E-state index contributed by atoms with van der Waals surface area (Å²) in [5, 5.41) is 13.5. The molecule has 0 radical (unpaired) electrons. The number of carbonyl (C=O) groups excluding carboxylic acids is 2. The van der Waals surface area contributed by atoms with Crippen molar-refractivity contribution in [2.75, 3.05) is 24.6 Å². The predicted octanol–water partition coefficient (Wildman–Crippen LogP) is 3.18. The molecule has 1 aliphatic heterocycles. The largest absolute Gasteiger partial charge is 0.494 e. The first-order valence-electron chi connectivity index (χ1n) is 9.70. The van der Waals surface area contributed by atoms with Gasteiger partial charge in [-0.3, -0.25) is 19.7 Å². The molecule has 1 fully saturated rings. The molecule has 2 aromatic carbocycles. The topological polar surface area (TPSA) is 102 Å². The molecule has 156 valence electrons. The Balaban J connectivity index is 1.49. The Kier molecular flexibility index (Phi) is 6.79. The van der Waals surface area contributed by atoms with Crippen molar-refractivity contribution in [3.05, 3.63) is 70.3 Å². The van der Waals surface area contributed by atoms with E-state index in [1.807, 2.05) is 31.2 Å². The highest BCUT2D eigenvalue weighted by Crippen LogP contribution is 2.26. The Hall–Kier alpha value is -3.68. The Morgan fingerprint density at radius 2 is 1.93 bits per heavy atom. The van der Waals surface area contributed by atoms with E-state index in [1.54, 1.807) is 23.1 Å². The van der Waals surface area contributed by atoms with Gasteiger partial charge in [-0.1, -0.05) is 0 Å². The number of rotatable bonds is 8. The van der Waals surface area contributed by atoms with Gasteiger partial charge in [-0.15, -0.1) is 0 Å². The zero-order valence-corrected chi connectivity index (χ0v) is 16.6. The summed E-state index contributed by atoms with van der Waals surface area (Å²) in [5.41, 5.74) is 1.50. The Morgan fingerprint density at radius 1 is 1.23 bits per heavy atom. The van der Waals surface area contributed by atoms with Crippen LogP contribution in [0.5, 0.6) is 5.75 Å². The SMILES string of the molecule is CCOc1ccc(N2CC(CNC(=O)/C=C\c3ccc([N+](=O)[O-])cc3)CC2=O)cc1. The van der Waals surface area contributed by atoms with E-state index >= 15 is 0 Å². The van der Waals surface area contributed by atoms with Crippen molar-refractivity contribution >= 4 is 29.3 Å². The van der Waals surface area contributed by atoms with Crippen LogP contribution in [0.4, 0.5) is 11.4 Å². The summed E-state index contributed by atoms with van der Waals surface area (Å²) in [5.74, 6) is 0.539. The second kappa shape index (κ2) is 9.69. The second-order valence-corrected chi connectivity index (χ2v) is 6.93. The van der Waals surface area contributed by atoms with Crippen molar-refractivity contribution in [2.45, 2.75) is 13.3 Å². The number of non-ortho nitro benzene ring substituents is 1. The smallest absolute Gasteiger partial charge is 0.269 e. The summed E-state index contributed by atoms with van der Waals surface area (Å²) in [6.45, 7) is 3.43. The minimum atomic E-state index is -0.473. The molecule has 2 amide bonds. The van der Waals surface area contributed by atoms with E-state index in [2.05, 4.69) is 5.32 Å². The molecule has 0 spiro atoms. The van der Waals surface area contributed by atoms with E-state index in [0.29, 0.717) is 31.7 Å². The lowest BCUT2D eigenvalue weighted by Crippen LogP contribution is -2.30. The van der Waals surface area contributed by atoms with E-state index in [0.717, 1.165) is 11.4 Å². The van der Waals surface area contributed by atoms with E-state index in [-0.39, 0.29) is 23.4 Å². The maximum atomic E-state index is 12.3. The lowest BCUT2D eigenvalue weighted by atomic mass is 10.1. The zero-order chi connectivity index (χ0) is 21.5. The first-order chi connectivity index (χ1) is 14.5. The average Bonchev–Trinajstić information content (AvgIpc) is 3.12. The number of carbonyl (C=O) groups is 2. The van der Waals surface area contributed by atoms with Crippen molar-refractivity contribution in [3.63, 3.8) is 0 Å². The number of anilines is 1. The molecule has 0 saturated carbocycles. The molecule has 2 aromatic rings. The maximum Gasteiger partial charge on any atom is 0.269 e. The fraction of sp³-hybridized carbons (Fsp3) is 0.273. The normalized spacial score (nSPS) is 16.1. The number of hydrogen-bond donors (Lipinski definition) is 1. The Morgan fingerprint density at radius 3 is 2.57 bits per heavy atom. The molecule has 0 aliphatic carbocycles. The second-order valence-electron chi connectivity index (χ2n) is 6.93. The summed E-state index contributed by atoms with van der Waals surface area (Å²) in [6.07, 6.45) is 3.34. The maximum absolute atomic E-state index is 12.3. The zero-order valence-electron chi connectivity index (χ0n) is 16.6. The van der Waals surface area contributed by atoms with Crippen molar-refractivity contribution in [2.24, 2.45) is 5.92 Å². The highest BCUT2D eigenvalue weighted by atomic mass is 16.6. The van der Waals surface area contributed by atoms with Crippen LogP contribution in [0.3, 0.4) is 0 Å². The quantitative estimate of drug-likeness (QED) is 0.410. The number of nitro groups is 1. The highest BCUT2D eigenvalue weighted by molar-refractivity contribution is 5.96. The first kappa shape index (κ1) is 21.0. The molecular formula is C22H23N3O5. The summed E-state index contributed by atoms with van der Waals surface area (Å²) >= 11 is 0. The number of hydrogen-bond acceptors (Lipinski definition) is 5. The van der Waals surface area contributed by atoms with Gasteiger partial charge < -0.3 is 15.0 Å². The number of nitro benzene ring substituents is 1. The summed E-state index contributed by atoms with van der Waals surface area (Å²) < 4.78 is 5.42. The van der Waals surface area contributed by atoms with Gasteiger partial charge in [-0.25, -0.2) is 0 Å². The Labute approximate surface area is 174 Å². The Bertz CT molecular complexity index is 938. The van der Waals surface area contributed by atoms with Crippen molar-refractivity contribution in [1.82, 2.24) is 5.32 Å². The number of nitrogens with one attached hydrogen (secondary N) is 1. The minimum Gasteiger partial charge on any atom is -0.494 e. The van der Waals surface area contributed by atoms with Crippen LogP contribution in [0.1, 0.15) is 18.9 Å². The van der Waals surface area contributed by atoms with Gasteiger partial charge in [0.1, 0.15) is 5.75 Å². The number of amides is 2. The van der Waals surface area contributed by atoms with Crippen LogP contribution in [0.25, 0.3) is 6.08 Å². The van der Waals surface area contributed by atoms with Crippen molar-refractivity contribution < 1.29 is 19.2 Å². The molecule has 1 N–H and O–H groups in total. The fourth-order valence-corrected chi connectivity index (χ4v) is 3.24. The number of ether oxygens (including phenoxy) is 1. The lowest BCUT2D eigenvalue weighted by Gasteiger charge is -2.17. The van der Waals surface area contributed by atoms with E-state index in [9.17, 15) is 19.7 Å². The molecule has 1 heterocycles. The van der Waals surface area contributed by atoms with Crippen LogP contribution in [-0.2, 0) is 9.59 Å². The van der Waals surface area contributed by atoms with Crippen LogP contribution in [0, 0.1) is 16.0 Å².